The Morgan fingerprint density at radius 2 is 2.27 bits per heavy atom. The monoisotopic (exact) mass is 399 g/mol. The van der Waals surface area contributed by atoms with Crippen molar-refractivity contribution in [3.8, 4) is 0 Å². The Bertz CT molecular complexity index is 865. The molecule has 13 heteroatoms. The van der Waals surface area contributed by atoms with E-state index in [1.54, 1.807) is 0 Å². The van der Waals surface area contributed by atoms with Gasteiger partial charge in [-0.25, -0.2) is 9.78 Å². The number of rotatable bonds is 5. The summed E-state index contributed by atoms with van der Waals surface area (Å²) in [7, 11) is -0.414. The normalized spacial score (nSPS) is 27.5. The zero-order valence-electron chi connectivity index (χ0n) is 13.2. The van der Waals surface area contributed by atoms with Gasteiger partial charge in [-0.1, -0.05) is 5.16 Å². The summed E-state index contributed by atoms with van der Waals surface area (Å²) in [6.07, 6.45) is 1.18. The van der Waals surface area contributed by atoms with Crippen LogP contribution in [0.2, 0.25) is 0 Å². The number of thiazole rings is 1. The van der Waals surface area contributed by atoms with E-state index >= 15 is 0 Å². The van der Waals surface area contributed by atoms with E-state index in [-0.39, 0.29) is 16.5 Å². The number of nitrogens with one attached hydrogen (secondary N) is 1. The predicted molar refractivity (Wildman–Crippen MR) is 91.3 cm³/mol. The summed E-state index contributed by atoms with van der Waals surface area (Å²) in [6, 6.07) is -2.36. The van der Waals surface area contributed by atoms with Gasteiger partial charge in [-0.3, -0.25) is 13.8 Å². The highest BCUT2D eigenvalue weighted by atomic mass is 32.2. The Kier molecular flexibility index (Phi) is 4.73. The first-order valence-electron chi connectivity index (χ1n) is 7.11. The molecular formula is C13H13N5O6S2. The Balaban J connectivity index is 1.80. The number of anilines is 1. The molecule has 3 rings (SSSR count). The molecule has 3 heterocycles. The maximum Gasteiger partial charge on any atom is 0.330 e. The molecule has 2 amide bonds. The third-order valence-electron chi connectivity index (χ3n) is 3.71. The fraction of sp³-hybridized carbons (Fsp3) is 0.308. The molecule has 1 fully saturated rings. The minimum Gasteiger partial charge on any atom is -0.479 e. The molecule has 138 valence electrons. The van der Waals surface area contributed by atoms with Crippen LogP contribution in [0.4, 0.5) is 5.13 Å². The lowest BCUT2D eigenvalue weighted by atomic mass is 10.0. The molecule has 26 heavy (non-hydrogen) atoms. The van der Waals surface area contributed by atoms with Crippen molar-refractivity contribution in [3.63, 3.8) is 0 Å². The fourth-order valence-electron chi connectivity index (χ4n) is 2.59. The van der Waals surface area contributed by atoms with Crippen molar-refractivity contribution in [2.45, 2.75) is 17.5 Å². The minimum atomic E-state index is -1.65. The number of oxime groups is 1. The lowest BCUT2D eigenvalue weighted by Gasteiger charge is -2.49. The summed E-state index contributed by atoms with van der Waals surface area (Å²) in [5, 5.41) is 17.1. The lowest BCUT2D eigenvalue weighted by molar-refractivity contribution is -0.159. The number of β-lactam (4-membered cyclic amide) rings is 1. The summed E-state index contributed by atoms with van der Waals surface area (Å²) in [4.78, 5) is 45.5. The van der Waals surface area contributed by atoms with Crippen molar-refractivity contribution >= 4 is 50.8 Å². The second kappa shape index (κ2) is 6.84. The van der Waals surface area contributed by atoms with E-state index in [1.165, 1.54) is 24.0 Å². The number of nitrogen functional groups attached to an aromatic ring is 1. The standard InChI is InChI=1S/C13H13N5O6S2/c1-24-17-7(5-4-25-13(14)15-5)9(19)16-8-10(20)18-6(12(21)22)2-3-26(23)11(8)18/h2-4,6,8,11H,1H3,(H2,14,15)(H,16,19)(H,21,22)/b17-7-/t6?,8-,11-,26?/m1/s1. The van der Waals surface area contributed by atoms with Crippen LogP contribution in [0, 0.1) is 0 Å². The molecule has 2 unspecified atom stereocenters. The van der Waals surface area contributed by atoms with Crippen LogP contribution in [0.3, 0.4) is 0 Å². The van der Waals surface area contributed by atoms with Gasteiger partial charge in [-0.15, -0.1) is 11.3 Å². The Morgan fingerprint density at radius 3 is 2.85 bits per heavy atom. The number of hydrogen-bond donors (Lipinski definition) is 3. The number of carbonyl (C=O) groups is 3. The third kappa shape index (κ3) is 2.94. The van der Waals surface area contributed by atoms with Gasteiger partial charge >= 0.3 is 5.97 Å². The van der Waals surface area contributed by atoms with Crippen LogP contribution in [0.25, 0.3) is 0 Å². The largest absolute Gasteiger partial charge is 0.479 e. The van der Waals surface area contributed by atoms with E-state index in [9.17, 15) is 18.6 Å². The van der Waals surface area contributed by atoms with Crippen LogP contribution in [-0.2, 0) is 30.0 Å². The maximum absolute atomic E-state index is 12.5. The molecule has 0 bridgehead atoms. The number of carbonyl (C=O) groups excluding carboxylic acids is 2. The van der Waals surface area contributed by atoms with Crippen LogP contribution < -0.4 is 11.1 Å². The Labute approximate surface area is 153 Å². The Morgan fingerprint density at radius 1 is 1.54 bits per heavy atom. The molecular weight excluding hydrogens is 386 g/mol. The molecule has 4 N–H and O–H groups in total. The van der Waals surface area contributed by atoms with Gasteiger partial charge in [0.2, 0.25) is 5.91 Å². The van der Waals surface area contributed by atoms with E-state index in [4.69, 9.17) is 10.8 Å². The lowest BCUT2D eigenvalue weighted by Crippen LogP contribution is -2.76. The van der Waals surface area contributed by atoms with E-state index < -0.39 is 46.0 Å². The van der Waals surface area contributed by atoms with Gasteiger partial charge in [0.25, 0.3) is 5.91 Å². The van der Waals surface area contributed by atoms with Crippen LogP contribution in [-0.4, -0.2) is 67.3 Å². The van der Waals surface area contributed by atoms with Gasteiger partial charge in [0.1, 0.15) is 30.3 Å². The second-order valence-corrected chi connectivity index (χ2v) is 7.52. The molecule has 0 radical (unpaired) electrons. The van der Waals surface area contributed by atoms with Crippen molar-refractivity contribution in [2.24, 2.45) is 5.16 Å². The molecule has 0 spiro atoms. The highest BCUT2D eigenvalue weighted by Crippen LogP contribution is 2.31. The number of hydrogen-bond acceptors (Lipinski definition) is 9. The molecule has 0 aromatic carbocycles. The number of nitrogens with zero attached hydrogens (tertiary/aromatic N) is 3. The molecule has 1 aromatic rings. The summed E-state index contributed by atoms with van der Waals surface area (Å²) in [5.41, 5.74) is 5.48. The fourth-order valence-corrected chi connectivity index (χ4v) is 4.51. The maximum atomic E-state index is 12.5. The van der Waals surface area contributed by atoms with Crippen molar-refractivity contribution < 1.29 is 28.5 Å². The molecule has 0 aliphatic carbocycles. The SMILES string of the molecule is CO/N=C(\C(=O)N[C@@H]1C(=O)N2C(C(=O)O)C=CS(=O)[C@H]12)c1csc(N)n1. The number of amides is 2. The number of fused-ring (bicyclic) bond motifs is 1. The quantitative estimate of drug-likeness (QED) is 0.304. The van der Waals surface area contributed by atoms with Crippen LogP contribution in [0.5, 0.6) is 0 Å². The number of carboxylic acids is 1. The van der Waals surface area contributed by atoms with Crippen LogP contribution in [0.1, 0.15) is 5.69 Å². The first-order chi connectivity index (χ1) is 12.3. The van der Waals surface area contributed by atoms with Gasteiger partial charge in [-0.2, -0.15) is 0 Å². The summed E-state index contributed by atoms with van der Waals surface area (Å²) in [5.74, 6) is -2.68. The molecule has 1 aromatic heterocycles. The molecule has 4 atom stereocenters. The topological polar surface area (TPSA) is 164 Å². The number of nitrogens with two attached hydrogens (primary N) is 1. The van der Waals surface area contributed by atoms with Crippen LogP contribution in [0.15, 0.2) is 22.0 Å². The average molecular weight is 399 g/mol. The Hall–Kier alpha value is -2.80. The molecule has 2 aliphatic heterocycles. The van der Waals surface area contributed by atoms with E-state index in [0.717, 1.165) is 16.2 Å². The average Bonchev–Trinajstić information content (AvgIpc) is 3.02. The molecule has 2 aliphatic rings. The van der Waals surface area contributed by atoms with E-state index in [1.807, 2.05) is 0 Å². The number of aliphatic carboxylic acids is 1. The van der Waals surface area contributed by atoms with Crippen molar-refractivity contribution in [3.05, 3.63) is 22.6 Å². The van der Waals surface area contributed by atoms with Crippen LogP contribution >= 0.6 is 11.3 Å². The number of carboxylic acid groups (broad SMARTS) is 1. The van der Waals surface area contributed by atoms with Gasteiger partial charge < -0.3 is 25.9 Å². The van der Waals surface area contributed by atoms with E-state index in [2.05, 4.69) is 20.3 Å². The summed E-state index contributed by atoms with van der Waals surface area (Å²) >= 11 is 1.09. The van der Waals surface area contributed by atoms with E-state index in [0.29, 0.717) is 0 Å². The summed E-state index contributed by atoms with van der Waals surface area (Å²) in [6.45, 7) is 0. The van der Waals surface area contributed by atoms with Gasteiger partial charge in [0.15, 0.2) is 10.8 Å². The van der Waals surface area contributed by atoms with Crippen molar-refractivity contribution in [1.29, 1.82) is 0 Å². The minimum absolute atomic E-state index is 0.156. The smallest absolute Gasteiger partial charge is 0.330 e. The highest BCUT2D eigenvalue weighted by Gasteiger charge is 2.56. The second-order valence-electron chi connectivity index (χ2n) is 5.22. The zero-order chi connectivity index (χ0) is 19.0. The van der Waals surface area contributed by atoms with Crippen molar-refractivity contribution in [2.75, 3.05) is 12.8 Å². The first kappa shape index (κ1) is 18.0. The summed E-state index contributed by atoms with van der Waals surface area (Å²) < 4.78 is 12.1. The molecule has 0 saturated carbocycles. The number of aromatic nitrogens is 1. The molecule has 1 saturated heterocycles. The molecule has 11 nitrogen and oxygen atoms in total. The van der Waals surface area contributed by atoms with Gasteiger partial charge in [0, 0.05) is 10.8 Å². The van der Waals surface area contributed by atoms with Crippen molar-refractivity contribution in [1.82, 2.24) is 15.2 Å². The first-order valence-corrected chi connectivity index (χ1v) is 9.26. The van der Waals surface area contributed by atoms with Gasteiger partial charge in [0.05, 0.1) is 10.8 Å². The third-order valence-corrected chi connectivity index (χ3v) is 5.79. The zero-order valence-corrected chi connectivity index (χ0v) is 14.8. The highest BCUT2D eigenvalue weighted by molar-refractivity contribution is 7.88. The predicted octanol–water partition coefficient (Wildman–Crippen LogP) is -1.54. The van der Waals surface area contributed by atoms with Gasteiger partial charge in [-0.05, 0) is 6.08 Å².